The van der Waals surface area contributed by atoms with Crippen LogP contribution in [0.25, 0.3) is 0 Å². The van der Waals surface area contributed by atoms with Gasteiger partial charge in [0.2, 0.25) is 0 Å². The molecule has 1 amide bonds. The van der Waals surface area contributed by atoms with Crippen LogP contribution in [0.2, 0.25) is 0 Å². The molecule has 1 aliphatic rings. The van der Waals surface area contributed by atoms with E-state index in [1.165, 1.54) is 0 Å². The van der Waals surface area contributed by atoms with Crippen molar-refractivity contribution in [1.82, 2.24) is 14.9 Å². The van der Waals surface area contributed by atoms with E-state index in [1.54, 1.807) is 0 Å². The van der Waals surface area contributed by atoms with Gasteiger partial charge >= 0.3 is 5.97 Å². The van der Waals surface area contributed by atoms with Crippen molar-refractivity contribution in [2.45, 2.75) is 51.0 Å². The second-order valence-electron chi connectivity index (χ2n) is 4.91. The van der Waals surface area contributed by atoms with Gasteiger partial charge in [-0.15, -0.1) is 5.10 Å². The summed E-state index contributed by atoms with van der Waals surface area (Å²) in [6, 6.07) is 0. The highest BCUT2D eigenvalue weighted by Crippen LogP contribution is 2.33. The lowest BCUT2D eigenvalue weighted by molar-refractivity contribution is -0.138. The van der Waals surface area contributed by atoms with Crippen molar-refractivity contribution in [3.05, 3.63) is 10.6 Å². The van der Waals surface area contributed by atoms with Gasteiger partial charge in [0, 0.05) is 0 Å². The minimum atomic E-state index is -0.875. The fourth-order valence-electron chi connectivity index (χ4n) is 2.60. The molecule has 0 bridgehead atoms. The molecule has 0 saturated heterocycles. The smallest absolute Gasteiger partial charge is 0.305 e. The van der Waals surface area contributed by atoms with E-state index in [-0.39, 0.29) is 12.3 Å². The first-order chi connectivity index (χ1) is 9.06. The molecule has 0 radical (unpaired) electrons. The lowest BCUT2D eigenvalue weighted by atomic mass is 9.93. The lowest BCUT2D eigenvalue weighted by Gasteiger charge is -2.28. The van der Waals surface area contributed by atoms with E-state index < -0.39 is 11.5 Å². The zero-order valence-corrected chi connectivity index (χ0v) is 11.6. The lowest BCUT2D eigenvalue weighted by Crippen LogP contribution is -2.47. The zero-order valence-electron chi connectivity index (χ0n) is 10.8. The minimum Gasteiger partial charge on any atom is -0.481 e. The Balaban J connectivity index is 2.13. The Labute approximate surface area is 115 Å². The topological polar surface area (TPSA) is 92.2 Å². The predicted octanol–water partition coefficient (Wildman–Crippen LogP) is 1.62. The minimum absolute atomic E-state index is 0.0214. The number of hydrogen-bond acceptors (Lipinski definition) is 5. The summed E-state index contributed by atoms with van der Waals surface area (Å²) in [7, 11) is 0. The monoisotopic (exact) mass is 283 g/mol. The molecular weight excluding hydrogens is 266 g/mol. The Morgan fingerprint density at radius 1 is 1.42 bits per heavy atom. The van der Waals surface area contributed by atoms with Crippen LogP contribution in [0.3, 0.4) is 0 Å². The molecule has 1 heterocycles. The highest BCUT2D eigenvalue weighted by atomic mass is 32.1. The Morgan fingerprint density at radius 2 is 2.11 bits per heavy atom. The molecule has 2 rings (SSSR count). The third-order valence-electron chi connectivity index (χ3n) is 3.53. The van der Waals surface area contributed by atoms with Crippen molar-refractivity contribution in [3.63, 3.8) is 0 Å². The number of nitrogens with one attached hydrogen (secondary N) is 1. The standard InChI is InChI=1S/C12H17N3O3S/c1-2-8-10(19-15-14-8)11(18)13-12(7-9(16)17)5-3-4-6-12/h2-7H2,1H3,(H,13,18)(H,16,17). The van der Waals surface area contributed by atoms with Crippen LogP contribution in [0.15, 0.2) is 0 Å². The molecular formula is C12H17N3O3S. The number of carbonyl (C=O) groups is 2. The average molecular weight is 283 g/mol. The molecule has 2 N–H and O–H groups in total. The van der Waals surface area contributed by atoms with Gasteiger partial charge in [-0.1, -0.05) is 24.3 Å². The van der Waals surface area contributed by atoms with Gasteiger partial charge in [0.25, 0.3) is 5.91 Å². The summed E-state index contributed by atoms with van der Waals surface area (Å²) >= 11 is 1.06. The molecule has 0 atom stereocenters. The Kier molecular flexibility index (Phi) is 4.14. The van der Waals surface area contributed by atoms with Crippen molar-refractivity contribution < 1.29 is 14.7 Å². The number of rotatable bonds is 5. The Hall–Kier alpha value is -1.50. The van der Waals surface area contributed by atoms with Gasteiger partial charge in [0.15, 0.2) is 0 Å². The SMILES string of the molecule is CCc1nnsc1C(=O)NC1(CC(=O)O)CCCC1. The van der Waals surface area contributed by atoms with E-state index in [2.05, 4.69) is 14.9 Å². The summed E-state index contributed by atoms with van der Waals surface area (Å²) in [6.07, 6.45) is 3.97. The number of aryl methyl sites for hydroxylation is 1. The van der Waals surface area contributed by atoms with Gasteiger partial charge in [-0.25, -0.2) is 0 Å². The van der Waals surface area contributed by atoms with E-state index in [4.69, 9.17) is 5.11 Å². The van der Waals surface area contributed by atoms with Gasteiger partial charge in [0.1, 0.15) is 4.88 Å². The van der Waals surface area contributed by atoms with Gasteiger partial charge in [0.05, 0.1) is 17.7 Å². The molecule has 7 heteroatoms. The summed E-state index contributed by atoms with van der Waals surface area (Å²) in [5.41, 5.74) is 0.0729. The van der Waals surface area contributed by atoms with E-state index in [9.17, 15) is 9.59 Å². The second kappa shape index (κ2) is 5.64. The maximum Gasteiger partial charge on any atom is 0.305 e. The Morgan fingerprint density at radius 3 is 2.68 bits per heavy atom. The number of amides is 1. The third kappa shape index (κ3) is 3.09. The molecule has 0 aromatic carbocycles. The molecule has 1 aromatic rings. The highest BCUT2D eigenvalue weighted by molar-refractivity contribution is 7.08. The molecule has 1 fully saturated rings. The zero-order chi connectivity index (χ0) is 13.9. The van der Waals surface area contributed by atoms with E-state index >= 15 is 0 Å². The normalized spacial score (nSPS) is 17.3. The predicted molar refractivity (Wildman–Crippen MR) is 70.2 cm³/mol. The summed E-state index contributed by atoms with van der Waals surface area (Å²) in [6.45, 7) is 1.91. The van der Waals surface area contributed by atoms with E-state index in [0.717, 1.165) is 37.2 Å². The molecule has 0 spiro atoms. The number of carbonyl (C=O) groups excluding carboxylic acids is 1. The molecule has 1 aliphatic carbocycles. The maximum absolute atomic E-state index is 12.3. The number of carboxylic acid groups (broad SMARTS) is 1. The fourth-order valence-corrected chi connectivity index (χ4v) is 3.24. The molecule has 0 unspecified atom stereocenters. The summed E-state index contributed by atoms with van der Waals surface area (Å²) in [5, 5.41) is 15.8. The van der Waals surface area contributed by atoms with Crippen molar-refractivity contribution in [3.8, 4) is 0 Å². The maximum atomic E-state index is 12.3. The molecule has 1 saturated carbocycles. The Bertz CT molecular complexity index is 480. The quantitative estimate of drug-likeness (QED) is 0.856. The van der Waals surface area contributed by atoms with Crippen LogP contribution in [-0.2, 0) is 11.2 Å². The molecule has 1 aromatic heterocycles. The van der Waals surface area contributed by atoms with Crippen molar-refractivity contribution in [2.75, 3.05) is 0 Å². The second-order valence-corrected chi connectivity index (χ2v) is 5.67. The van der Waals surface area contributed by atoms with Gasteiger partial charge in [-0.05, 0) is 30.8 Å². The summed E-state index contributed by atoms with van der Waals surface area (Å²) in [4.78, 5) is 23.7. The highest BCUT2D eigenvalue weighted by Gasteiger charge is 2.38. The van der Waals surface area contributed by atoms with Crippen LogP contribution in [-0.4, -0.2) is 32.1 Å². The van der Waals surface area contributed by atoms with Crippen LogP contribution >= 0.6 is 11.5 Å². The van der Waals surface area contributed by atoms with Crippen LogP contribution in [0, 0.1) is 0 Å². The van der Waals surface area contributed by atoms with Crippen LogP contribution < -0.4 is 5.32 Å². The van der Waals surface area contributed by atoms with E-state index in [0.29, 0.717) is 17.0 Å². The van der Waals surface area contributed by atoms with Crippen molar-refractivity contribution in [1.29, 1.82) is 0 Å². The first-order valence-corrected chi connectivity index (χ1v) is 7.19. The number of aliphatic carboxylic acids is 1. The first kappa shape index (κ1) is 13.9. The van der Waals surface area contributed by atoms with Crippen LogP contribution in [0.5, 0.6) is 0 Å². The molecule has 6 nitrogen and oxygen atoms in total. The summed E-state index contributed by atoms with van der Waals surface area (Å²) < 4.78 is 3.79. The molecule has 0 aliphatic heterocycles. The number of carboxylic acids is 1. The van der Waals surface area contributed by atoms with Gasteiger partial charge < -0.3 is 10.4 Å². The van der Waals surface area contributed by atoms with Gasteiger partial charge in [-0.2, -0.15) is 0 Å². The number of nitrogens with zero attached hydrogens (tertiary/aromatic N) is 2. The van der Waals surface area contributed by atoms with Crippen molar-refractivity contribution >= 4 is 23.4 Å². The third-order valence-corrected chi connectivity index (χ3v) is 4.29. The number of hydrogen-bond donors (Lipinski definition) is 2. The first-order valence-electron chi connectivity index (χ1n) is 6.42. The van der Waals surface area contributed by atoms with E-state index in [1.807, 2.05) is 6.92 Å². The average Bonchev–Trinajstić information content (AvgIpc) is 2.96. The number of aromatic nitrogens is 2. The summed E-state index contributed by atoms with van der Waals surface area (Å²) in [5.74, 6) is -1.12. The molecule has 19 heavy (non-hydrogen) atoms. The van der Waals surface area contributed by atoms with Crippen LogP contribution in [0.4, 0.5) is 0 Å². The fraction of sp³-hybridized carbons (Fsp3) is 0.667. The van der Waals surface area contributed by atoms with Crippen LogP contribution in [0.1, 0.15) is 54.4 Å². The van der Waals surface area contributed by atoms with Crippen molar-refractivity contribution in [2.24, 2.45) is 0 Å². The van der Waals surface area contributed by atoms with Gasteiger partial charge in [-0.3, -0.25) is 9.59 Å². The largest absolute Gasteiger partial charge is 0.481 e. The molecule has 104 valence electrons.